The fourth-order valence-electron chi connectivity index (χ4n) is 2.41. The summed E-state index contributed by atoms with van der Waals surface area (Å²) in [6, 6.07) is 8.47. The maximum atomic E-state index is 4.69. The molecule has 108 valence electrons. The van der Waals surface area contributed by atoms with Crippen molar-refractivity contribution < 1.29 is 0 Å². The highest BCUT2D eigenvalue weighted by Gasteiger charge is 2.08. The van der Waals surface area contributed by atoms with Gasteiger partial charge in [0.15, 0.2) is 0 Å². The Kier molecular flexibility index (Phi) is 5.33. The maximum absolute atomic E-state index is 4.69. The molecule has 0 aliphatic rings. The van der Waals surface area contributed by atoms with Gasteiger partial charge in [-0.25, -0.2) is 9.97 Å². The Morgan fingerprint density at radius 3 is 2.45 bits per heavy atom. The molecule has 0 saturated carbocycles. The van der Waals surface area contributed by atoms with Crippen molar-refractivity contribution in [3.05, 3.63) is 30.0 Å². The molecule has 20 heavy (non-hydrogen) atoms. The Labute approximate surface area is 121 Å². The van der Waals surface area contributed by atoms with Gasteiger partial charge in [-0.1, -0.05) is 44.7 Å². The number of nitrogens with one attached hydrogen (secondary N) is 1. The molecular formula is C17H25N3. The van der Waals surface area contributed by atoms with Gasteiger partial charge >= 0.3 is 0 Å². The lowest BCUT2D eigenvalue weighted by atomic mass is 10.1. The number of benzene rings is 1. The summed E-state index contributed by atoms with van der Waals surface area (Å²) < 4.78 is 0. The molecule has 0 aliphatic carbocycles. The average molecular weight is 271 g/mol. The number of anilines is 1. The van der Waals surface area contributed by atoms with Crippen LogP contribution in [0.2, 0.25) is 0 Å². The third kappa shape index (κ3) is 3.92. The van der Waals surface area contributed by atoms with Crippen LogP contribution in [0, 0.1) is 6.92 Å². The van der Waals surface area contributed by atoms with Crippen molar-refractivity contribution in [3.63, 3.8) is 0 Å². The van der Waals surface area contributed by atoms with Crippen LogP contribution in [-0.4, -0.2) is 16.0 Å². The summed E-state index contributed by atoms with van der Waals surface area (Å²) in [7, 11) is 0. The molecule has 0 radical (unpaired) electrons. The van der Waals surface area contributed by atoms with E-state index in [-0.39, 0.29) is 0 Å². The van der Waals surface area contributed by atoms with Crippen molar-refractivity contribution in [3.8, 4) is 0 Å². The largest absolute Gasteiger partial charge is 0.366 e. The summed E-state index contributed by atoms with van der Waals surface area (Å²) in [6.45, 7) is 6.49. The van der Waals surface area contributed by atoms with Gasteiger partial charge in [0, 0.05) is 6.04 Å². The minimum absolute atomic E-state index is 0.445. The highest BCUT2D eigenvalue weighted by molar-refractivity contribution is 5.76. The van der Waals surface area contributed by atoms with Crippen LogP contribution in [0.25, 0.3) is 11.0 Å². The molecular weight excluding hydrogens is 246 g/mol. The van der Waals surface area contributed by atoms with E-state index in [4.69, 9.17) is 0 Å². The predicted molar refractivity (Wildman–Crippen MR) is 86.1 cm³/mol. The van der Waals surface area contributed by atoms with E-state index in [1.54, 1.807) is 0 Å². The summed E-state index contributed by atoms with van der Waals surface area (Å²) in [5.74, 6) is 0.923. The van der Waals surface area contributed by atoms with Crippen LogP contribution in [0.3, 0.4) is 0 Å². The smallest absolute Gasteiger partial charge is 0.148 e. The topological polar surface area (TPSA) is 37.8 Å². The third-order valence-corrected chi connectivity index (χ3v) is 3.62. The van der Waals surface area contributed by atoms with Gasteiger partial charge in [0.2, 0.25) is 0 Å². The third-order valence-electron chi connectivity index (χ3n) is 3.62. The van der Waals surface area contributed by atoms with Crippen LogP contribution in [0.5, 0.6) is 0 Å². The van der Waals surface area contributed by atoms with E-state index >= 15 is 0 Å². The minimum atomic E-state index is 0.445. The quantitative estimate of drug-likeness (QED) is 0.741. The van der Waals surface area contributed by atoms with Crippen LogP contribution in [0.15, 0.2) is 24.3 Å². The Morgan fingerprint density at radius 1 is 1.05 bits per heavy atom. The second-order valence-electron chi connectivity index (χ2n) is 5.54. The van der Waals surface area contributed by atoms with E-state index < -0.39 is 0 Å². The van der Waals surface area contributed by atoms with Crippen LogP contribution < -0.4 is 5.32 Å². The summed E-state index contributed by atoms with van der Waals surface area (Å²) in [6.07, 6.45) is 6.42. The van der Waals surface area contributed by atoms with E-state index in [2.05, 4.69) is 29.1 Å². The summed E-state index contributed by atoms with van der Waals surface area (Å²) in [5.41, 5.74) is 2.90. The standard InChI is InChI=1S/C17H25N3/c1-4-5-6-7-10-13(2)18-17-14(3)19-15-11-8-9-12-16(15)20-17/h8-9,11-13H,4-7,10H2,1-3H3,(H,18,20). The molecule has 1 atom stereocenters. The molecule has 3 nitrogen and oxygen atoms in total. The van der Waals surface area contributed by atoms with Gasteiger partial charge in [0.05, 0.1) is 16.7 Å². The molecule has 0 amide bonds. The molecule has 0 aliphatic heterocycles. The lowest BCUT2D eigenvalue weighted by Crippen LogP contribution is -2.17. The highest BCUT2D eigenvalue weighted by atomic mass is 15.0. The molecule has 0 fully saturated rings. The number of aryl methyl sites for hydroxylation is 1. The Balaban J connectivity index is 1.99. The lowest BCUT2D eigenvalue weighted by Gasteiger charge is -2.16. The fourth-order valence-corrected chi connectivity index (χ4v) is 2.41. The highest BCUT2D eigenvalue weighted by Crippen LogP contribution is 2.18. The summed E-state index contributed by atoms with van der Waals surface area (Å²) in [4.78, 5) is 9.30. The predicted octanol–water partition coefficient (Wildman–Crippen LogP) is 4.71. The summed E-state index contributed by atoms with van der Waals surface area (Å²) in [5, 5.41) is 3.51. The van der Waals surface area contributed by atoms with E-state index in [1.807, 2.05) is 31.2 Å². The van der Waals surface area contributed by atoms with Crippen molar-refractivity contribution in [2.75, 3.05) is 5.32 Å². The van der Waals surface area contributed by atoms with E-state index in [0.717, 1.165) is 22.5 Å². The van der Waals surface area contributed by atoms with Crippen molar-refractivity contribution in [2.24, 2.45) is 0 Å². The SMILES string of the molecule is CCCCCCC(C)Nc1nc2ccccc2nc1C. The Hall–Kier alpha value is -1.64. The van der Waals surface area contributed by atoms with Gasteiger partial charge in [0.25, 0.3) is 0 Å². The Bertz CT molecular complexity index is 551. The molecule has 0 bridgehead atoms. The first-order chi connectivity index (χ1) is 9.70. The molecule has 2 rings (SSSR count). The van der Waals surface area contributed by atoms with Gasteiger partial charge in [-0.3, -0.25) is 0 Å². The number of para-hydroxylation sites is 2. The molecule has 2 aromatic rings. The fraction of sp³-hybridized carbons (Fsp3) is 0.529. The number of nitrogens with zero attached hydrogens (tertiary/aromatic N) is 2. The second-order valence-corrected chi connectivity index (χ2v) is 5.54. The van der Waals surface area contributed by atoms with Crippen molar-refractivity contribution >= 4 is 16.9 Å². The van der Waals surface area contributed by atoms with Crippen molar-refractivity contribution in [1.82, 2.24) is 9.97 Å². The molecule has 1 aromatic heterocycles. The van der Waals surface area contributed by atoms with Crippen LogP contribution >= 0.6 is 0 Å². The molecule has 1 N–H and O–H groups in total. The lowest BCUT2D eigenvalue weighted by molar-refractivity contribution is 0.592. The average Bonchev–Trinajstić information content (AvgIpc) is 2.44. The van der Waals surface area contributed by atoms with Crippen LogP contribution in [0.1, 0.15) is 51.6 Å². The first-order valence-electron chi connectivity index (χ1n) is 7.70. The van der Waals surface area contributed by atoms with Gasteiger partial charge in [0.1, 0.15) is 5.82 Å². The molecule has 1 heterocycles. The van der Waals surface area contributed by atoms with Gasteiger partial charge < -0.3 is 5.32 Å². The van der Waals surface area contributed by atoms with Gasteiger partial charge in [-0.05, 0) is 32.4 Å². The zero-order valence-electron chi connectivity index (χ0n) is 12.8. The zero-order valence-corrected chi connectivity index (χ0v) is 12.8. The second kappa shape index (κ2) is 7.22. The molecule has 0 saturated heterocycles. The first kappa shape index (κ1) is 14.8. The molecule has 1 unspecified atom stereocenters. The minimum Gasteiger partial charge on any atom is -0.366 e. The van der Waals surface area contributed by atoms with E-state index in [9.17, 15) is 0 Å². The number of aromatic nitrogens is 2. The number of rotatable bonds is 7. The number of hydrogen-bond donors (Lipinski definition) is 1. The summed E-state index contributed by atoms with van der Waals surface area (Å²) >= 11 is 0. The van der Waals surface area contributed by atoms with Crippen LogP contribution in [0.4, 0.5) is 5.82 Å². The molecule has 0 spiro atoms. The van der Waals surface area contributed by atoms with Crippen molar-refractivity contribution in [2.45, 2.75) is 58.9 Å². The van der Waals surface area contributed by atoms with E-state index in [1.165, 1.54) is 32.1 Å². The maximum Gasteiger partial charge on any atom is 0.148 e. The number of unbranched alkanes of at least 4 members (excludes halogenated alkanes) is 3. The zero-order chi connectivity index (χ0) is 14.4. The number of hydrogen-bond acceptors (Lipinski definition) is 3. The normalized spacial score (nSPS) is 12.6. The van der Waals surface area contributed by atoms with Gasteiger partial charge in [-0.2, -0.15) is 0 Å². The number of fused-ring (bicyclic) bond motifs is 1. The molecule has 1 aromatic carbocycles. The first-order valence-corrected chi connectivity index (χ1v) is 7.70. The molecule has 3 heteroatoms. The Morgan fingerprint density at radius 2 is 1.75 bits per heavy atom. The monoisotopic (exact) mass is 271 g/mol. The van der Waals surface area contributed by atoms with Crippen LogP contribution in [-0.2, 0) is 0 Å². The van der Waals surface area contributed by atoms with Crippen molar-refractivity contribution in [1.29, 1.82) is 0 Å². The van der Waals surface area contributed by atoms with Gasteiger partial charge in [-0.15, -0.1) is 0 Å². The van der Waals surface area contributed by atoms with E-state index in [0.29, 0.717) is 6.04 Å².